The Hall–Kier alpha value is -0.910. The van der Waals surface area contributed by atoms with Crippen LogP contribution in [-0.4, -0.2) is 21.8 Å². The van der Waals surface area contributed by atoms with Crippen molar-refractivity contribution in [2.24, 2.45) is 7.05 Å². The van der Waals surface area contributed by atoms with E-state index in [1.807, 2.05) is 37.8 Å². The summed E-state index contributed by atoms with van der Waals surface area (Å²) < 4.78 is 2.81. The minimum absolute atomic E-state index is 0.111. The molecular formula is C13H16BrClN4. The molecule has 0 saturated carbocycles. The molecule has 19 heavy (non-hydrogen) atoms. The molecule has 2 aromatic rings. The number of nitrogens with one attached hydrogen (secondary N) is 1. The van der Waals surface area contributed by atoms with E-state index in [1.54, 1.807) is 6.20 Å². The van der Waals surface area contributed by atoms with E-state index in [1.165, 1.54) is 0 Å². The van der Waals surface area contributed by atoms with Crippen LogP contribution in [0, 0.1) is 6.92 Å². The lowest BCUT2D eigenvalue weighted by molar-refractivity contribution is 0.549. The maximum Gasteiger partial charge on any atom is 0.0847 e. The molecule has 2 aromatic heterocycles. The molecule has 2 heterocycles. The van der Waals surface area contributed by atoms with Crippen molar-refractivity contribution in [3.8, 4) is 0 Å². The fraction of sp³-hybridized carbons (Fsp3) is 0.385. The van der Waals surface area contributed by atoms with Gasteiger partial charge in [0, 0.05) is 24.1 Å². The number of aryl methyl sites for hydroxylation is 2. The predicted octanol–water partition coefficient (Wildman–Crippen LogP) is 3.04. The Morgan fingerprint density at radius 2 is 2.21 bits per heavy atom. The molecular weight excluding hydrogens is 328 g/mol. The van der Waals surface area contributed by atoms with Crippen LogP contribution in [0.15, 0.2) is 22.8 Å². The fourth-order valence-electron chi connectivity index (χ4n) is 2.04. The molecule has 0 aromatic carbocycles. The van der Waals surface area contributed by atoms with Gasteiger partial charge in [0.1, 0.15) is 0 Å². The van der Waals surface area contributed by atoms with E-state index >= 15 is 0 Å². The molecule has 2 rings (SSSR count). The van der Waals surface area contributed by atoms with Crippen LogP contribution in [0.25, 0.3) is 0 Å². The molecule has 0 amide bonds. The third-order valence-electron chi connectivity index (χ3n) is 3.11. The fourth-order valence-corrected chi connectivity index (χ4v) is 2.51. The maximum atomic E-state index is 6.29. The normalized spacial score (nSPS) is 12.7. The molecule has 0 spiro atoms. The first-order chi connectivity index (χ1) is 9.02. The summed E-state index contributed by atoms with van der Waals surface area (Å²) in [5.41, 5.74) is 2.86. The molecule has 0 aliphatic carbocycles. The molecule has 1 unspecified atom stereocenters. The van der Waals surface area contributed by atoms with Crippen LogP contribution in [0.4, 0.5) is 0 Å². The van der Waals surface area contributed by atoms with Gasteiger partial charge < -0.3 is 5.32 Å². The SMILES string of the molecule is CNC(Cc1c(Cl)c(C)nn1C)c1ccc(Br)cn1. The van der Waals surface area contributed by atoms with Gasteiger partial charge in [-0.2, -0.15) is 5.10 Å². The third kappa shape index (κ3) is 3.16. The number of rotatable bonds is 4. The van der Waals surface area contributed by atoms with Crippen molar-refractivity contribution in [3.05, 3.63) is 44.9 Å². The standard InChI is InChI=1S/C13H16BrClN4/c1-8-13(15)12(19(3)18-8)6-11(16-2)10-5-4-9(14)7-17-10/h4-5,7,11,16H,6H2,1-3H3. The number of pyridine rings is 1. The van der Waals surface area contributed by atoms with Crippen LogP contribution >= 0.6 is 27.5 Å². The van der Waals surface area contributed by atoms with Crippen LogP contribution in [-0.2, 0) is 13.5 Å². The summed E-state index contributed by atoms with van der Waals surface area (Å²) in [5.74, 6) is 0. The van der Waals surface area contributed by atoms with E-state index in [9.17, 15) is 0 Å². The van der Waals surface area contributed by atoms with E-state index in [2.05, 4.69) is 31.3 Å². The Bertz CT molecular complexity index is 565. The van der Waals surface area contributed by atoms with Crippen LogP contribution in [0.5, 0.6) is 0 Å². The van der Waals surface area contributed by atoms with Gasteiger partial charge in [0.15, 0.2) is 0 Å². The van der Waals surface area contributed by atoms with E-state index in [4.69, 9.17) is 11.6 Å². The van der Waals surface area contributed by atoms with Crippen molar-refractivity contribution in [2.45, 2.75) is 19.4 Å². The minimum atomic E-state index is 0.111. The Morgan fingerprint density at radius 1 is 1.47 bits per heavy atom. The summed E-state index contributed by atoms with van der Waals surface area (Å²) in [6.07, 6.45) is 2.55. The Balaban J connectivity index is 2.26. The van der Waals surface area contributed by atoms with Gasteiger partial charge in [-0.3, -0.25) is 9.67 Å². The first-order valence-corrected chi connectivity index (χ1v) is 7.16. The number of hydrogen-bond donors (Lipinski definition) is 1. The molecule has 0 fully saturated rings. The summed E-state index contributed by atoms with van der Waals surface area (Å²) in [7, 11) is 3.83. The topological polar surface area (TPSA) is 42.7 Å². The van der Waals surface area contributed by atoms with Crippen LogP contribution in [0.1, 0.15) is 23.1 Å². The molecule has 0 saturated heterocycles. The first-order valence-electron chi connectivity index (χ1n) is 5.99. The summed E-state index contributed by atoms with van der Waals surface area (Å²) in [4.78, 5) is 4.43. The van der Waals surface area contributed by atoms with Gasteiger partial charge in [-0.25, -0.2) is 0 Å². The molecule has 0 bridgehead atoms. The highest BCUT2D eigenvalue weighted by Crippen LogP contribution is 2.25. The second kappa shape index (κ2) is 6.03. The van der Waals surface area contributed by atoms with E-state index in [0.29, 0.717) is 0 Å². The lowest BCUT2D eigenvalue weighted by Gasteiger charge is -2.16. The summed E-state index contributed by atoms with van der Waals surface area (Å²) in [6, 6.07) is 4.10. The zero-order chi connectivity index (χ0) is 14.0. The minimum Gasteiger partial charge on any atom is -0.311 e. The zero-order valence-corrected chi connectivity index (χ0v) is 13.5. The van der Waals surface area contributed by atoms with Gasteiger partial charge in [-0.05, 0) is 42.0 Å². The van der Waals surface area contributed by atoms with Crippen LogP contribution in [0.2, 0.25) is 5.02 Å². The monoisotopic (exact) mass is 342 g/mol. The van der Waals surface area contributed by atoms with E-state index < -0.39 is 0 Å². The number of nitrogens with zero attached hydrogens (tertiary/aromatic N) is 3. The number of halogens is 2. The predicted molar refractivity (Wildman–Crippen MR) is 80.4 cm³/mol. The summed E-state index contributed by atoms with van der Waals surface area (Å²) >= 11 is 9.68. The summed E-state index contributed by atoms with van der Waals surface area (Å²) in [6.45, 7) is 1.91. The van der Waals surface area contributed by atoms with Crippen molar-refractivity contribution in [3.63, 3.8) is 0 Å². The molecule has 4 nitrogen and oxygen atoms in total. The summed E-state index contributed by atoms with van der Waals surface area (Å²) in [5, 5.41) is 8.34. The molecule has 0 aliphatic heterocycles. The van der Waals surface area contributed by atoms with Crippen molar-refractivity contribution < 1.29 is 0 Å². The smallest absolute Gasteiger partial charge is 0.0847 e. The van der Waals surface area contributed by atoms with Gasteiger partial charge in [0.2, 0.25) is 0 Å². The number of likely N-dealkylation sites (N-methyl/N-ethyl adjacent to an activating group) is 1. The van der Waals surface area contributed by atoms with Gasteiger partial charge in [-0.1, -0.05) is 11.6 Å². The zero-order valence-electron chi connectivity index (χ0n) is 11.1. The van der Waals surface area contributed by atoms with E-state index in [0.717, 1.165) is 33.0 Å². The van der Waals surface area contributed by atoms with E-state index in [-0.39, 0.29) is 6.04 Å². The van der Waals surface area contributed by atoms with Gasteiger partial charge in [0.25, 0.3) is 0 Å². The number of aromatic nitrogens is 3. The average molecular weight is 344 g/mol. The number of hydrogen-bond acceptors (Lipinski definition) is 3. The van der Waals surface area contributed by atoms with Gasteiger partial charge >= 0.3 is 0 Å². The highest BCUT2D eigenvalue weighted by molar-refractivity contribution is 9.10. The Morgan fingerprint density at radius 3 is 2.68 bits per heavy atom. The first kappa shape index (κ1) is 14.5. The largest absolute Gasteiger partial charge is 0.311 e. The Kier molecular flexibility index (Phi) is 4.60. The molecule has 1 atom stereocenters. The highest BCUT2D eigenvalue weighted by Gasteiger charge is 2.18. The van der Waals surface area contributed by atoms with Crippen LogP contribution in [0.3, 0.4) is 0 Å². The second-order valence-electron chi connectivity index (χ2n) is 4.42. The van der Waals surface area contributed by atoms with Crippen molar-refractivity contribution in [1.29, 1.82) is 0 Å². The molecule has 1 N–H and O–H groups in total. The molecule has 0 aliphatic rings. The van der Waals surface area contributed by atoms with Crippen molar-refractivity contribution in [2.75, 3.05) is 7.05 Å². The highest BCUT2D eigenvalue weighted by atomic mass is 79.9. The quantitative estimate of drug-likeness (QED) is 0.928. The molecule has 6 heteroatoms. The third-order valence-corrected chi connectivity index (χ3v) is 4.08. The van der Waals surface area contributed by atoms with Gasteiger partial charge in [0.05, 0.1) is 28.1 Å². The lowest BCUT2D eigenvalue weighted by atomic mass is 10.1. The van der Waals surface area contributed by atoms with Crippen molar-refractivity contribution in [1.82, 2.24) is 20.1 Å². The maximum absolute atomic E-state index is 6.29. The molecule has 0 radical (unpaired) electrons. The second-order valence-corrected chi connectivity index (χ2v) is 5.71. The lowest BCUT2D eigenvalue weighted by Crippen LogP contribution is -2.21. The Labute approximate surface area is 126 Å². The molecule has 102 valence electrons. The average Bonchev–Trinajstić information content (AvgIpc) is 2.63. The van der Waals surface area contributed by atoms with Crippen LogP contribution < -0.4 is 5.32 Å². The van der Waals surface area contributed by atoms with Gasteiger partial charge in [-0.15, -0.1) is 0 Å². The van der Waals surface area contributed by atoms with Crippen molar-refractivity contribution >= 4 is 27.5 Å².